The van der Waals surface area contributed by atoms with Crippen molar-refractivity contribution in [3.63, 3.8) is 0 Å². The van der Waals surface area contributed by atoms with Crippen molar-refractivity contribution in [1.29, 1.82) is 0 Å². The summed E-state index contributed by atoms with van der Waals surface area (Å²) >= 11 is 0. The van der Waals surface area contributed by atoms with E-state index in [2.05, 4.69) is 17.1 Å². The summed E-state index contributed by atoms with van der Waals surface area (Å²) in [6.45, 7) is 2.29. The maximum absolute atomic E-state index is 12.0. The van der Waals surface area contributed by atoms with Gasteiger partial charge in [-0.05, 0) is 43.4 Å². The van der Waals surface area contributed by atoms with E-state index in [1.807, 2.05) is 24.1 Å². The van der Waals surface area contributed by atoms with Gasteiger partial charge < -0.3 is 4.74 Å². The van der Waals surface area contributed by atoms with Gasteiger partial charge in [0.1, 0.15) is 0 Å². The fraction of sp³-hybridized carbons (Fsp3) is 0.467. The van der Waals surface area contributed by atoms with Crippen LogP contribution in [0.3, 0.4) is 0 Å². The monoisotopic (exact) mass is 258 g/mol. The summed E-state index contributed by atoms with van der Waals surface area (Å²) in [5.41, 5.74) is 2.48. The normalized spacial score (nSPS) is 25.1. The van der Waals surface area contributed by atoms with Gasteiger partial charge >= 0.3 is 6.09 Å². The molecule has 1 fully saturated rings. The molecule has 0 saturated carbocycles. The molecule has 2 atom stereocenters. The molecule has 1 saturated heterocycles. The van der Waals surface area contributed by atoms with E-state index in [0.717, 1.165) is 19.3 Å². The average molecular weight is 258 g/mol. The van der Waals surface area contributed by atoms with Crippen molar-refractivity contribution in [2.75, 3.05) is 6.61 Å². The Balaban J connectivity index is 1.83. The molecule has 3 heterocycles. The third kappa shape index (κ3) is 2.23. The van der Waals surface area contributed by atoms with Crippen molar-refractivity contribution in [3.05, 3.63) is 36.2 Å². The Kier molecular flexibility index (Phi) is 3.23. The molecule has 0 spiro atoms. The van der Waals surface area contributed by atoms with Crippen LogP contribution in [0.15, 0.2) is 30.6 Å². The number of carbonyl (C=O) groups is 1. The van der Waals surface area contributed by atoms with Crippen LogP contribution in [-0.4, -0.2) is 34.7 Å². The third-order valence-corrected chi connectivity index (χ3v) is 3.91. The second kappa shape index (κ2) is 5.03. The van der Waals surface area contributed by atoms with E-state index < -0.39 is 0 Å². The van der Waals surface area contributed by atoms with Crippen LogP contribution >= 0.6 is 0 Å². The molecule has 2 aliphatic rings. The minimum atomic E-state index is -0.170. The van der Waals surface area contributed by atoms with Crippen LogP contribution in [0.1, 0.15) is 31.7 Å². The van der Waals surface area contributed by atoms with E-state index in [-0.39, 0.29) is 18.2 Å². The molecule has 0 unspecified atom stereocenters. The lowest BCUT2D eigenvalue weighted by atomic mass is 9.96. The lowest BCUT2D eigenvalue weighted by Crippen LogP contribution is -2.43. The van der Waals surface area contributed by atoms with Crippen molar-refractivity contribution in [2.45, 2.75) is 38.3 Å². The minimum absolute atomic E-state index is 0.170. The molecular weight excluding hydrogens is 240 g/mol. The highest BCUT2D eigenvalue weighted by atomic mass is 16.6. The van der Waals surface area contributed by atoms with Crippen molar-refractivity contribution in [1.82, 2.24) is 9.88 Å². The summed E-state index contributed by atoms with van der Waals surface area (Å²) in [7, 11) is 0. The molecule has 100 valence electrons. The fourth-order valence-electron chi connectivity index (χ4n) is 3.08. The number of fused-ring (bicyclic) bond motifs is 2. The summed E-state index contributed by atoms with van der Waals surface area (Å²) in [6, 6.07) is 4.51. The molecule has 0 aliphatic carbocycles. The van der Waals surface area contributed by atoms with Gasteiger partial charge in [0.15, 0.2) is 0 Å². The number of hydrogen-bond donors (Lipinski definition) is 0. The van der Waals surface area contributed by atoms with E-state index in [9.17, 15) is 4.79 Å². The molecule has 4 nitrogen and oxygen atoms in total. The lowest BCUT2D eigenvalue weighted by molar-refractivity contribution is 0.0933. The summed E-state index contributed by atoms with van der Waals surface area (Å²) in [6.07, 6.45) is 8.71. The zero-order chi connectivity index (χ0) is 13.2. The molecule has 0 N–H and O–H groups in total. The first-order valence-electron chi connectivity index (χ1n) is 6.85. The van der Waals surface area contributed by atoms with Crippen LogP contribution in [-0.2, 0) is 4.74 Å². The Morgan fingerprint density at radius 3 is 3.11 bits per heavy atom. The van der Waals surface area contributed by atoms with Crippen LogP contribution < -0.4 is 0 Å². The third-order valence-electron chi connectivity index (χ3n) is 3.91. The summed E-state index contributed by atoms with van der Waals surface area (Å²) in [5, 5.41) is 0. The number of carbonyl (C=O) groups excluding carboxylic acids is 1. The quantitative estimate of drug-likeness (QED) is 0.819. The van der Waals surface area contributed by atoms with Crippen molar-refractivity contribution < 1.29 is 9.53 Å². The van der Waals surface area contributed by atoms with Gasteiger partial charge in [-0.3, -0.25) is 9.88 Å². The molecule has 0 aromatic carbocycles. The first-order valence-corrected chi connectivity index (χ1v) is 6.85. The molecule has 1 aromatic rings. The largest absolute Gasteiger partial charge is 0.450 e. The predicted molar refractivity (Wildman–Crippen MR) is 72.5 cm³/mol. The Hall–Kier alpha value is -1.84. The zero-order valence-corrected chi connectivity index (χ0v) is 11.1. The number of aromatic nitrogens is 1. The molecule has 3 rings (SSSR count). The Labute approximate surface area is 113 Å². The lowest BCUT2D eigenvalue weighted by Gasteiger charge is -2.33. The SMILES string of the molecule is CCOC(=O)N1[C@H]2CC[C@@H]1C=C(c1cccnc1)C2. The number of nitrogens with zero attached hydrogens (tertiary/aromatic N) is 2. The van der Waals surface area contributed by atoms with Crippen LogP contribution in [0.5, 0.6) is 0 Å². The number of rotatable bonds is 2. The van der Waals surface area contributed by atoms with Crippen LogP contribution in [0.2, 0.25) is 0 Å². The summed E-state index contributed by atoms with van der Waals surface area (Å²) < 4.78 is 5.15. The Morgan fingerprint density at radius 2 is 2.42 bits per heavy atom. The van der Waals surface area contributed by atoms with Crippen molar-refractivity contribution in [3.8, 4) is 0 Å². The Morgan fingerprint density at radius 1 is 1.53 bits per heavy atom. The Bertz CT molecular complexity index is 498. The average Bonchev–Trinajstić information content (AvgIpc) is 2.71. The van der Waals surface area contributed by atoms with E-state index >= 15 is 0 Å². The van der Waals surface area contributed by atoms with Crippen LogP contribution in [0.4, 0.5) is 4.79 Å². The molecular formula is C15H18N2O2. The van der Waals surface area contributed by atoms with Crippen LogP contribution in [0, 0.1) is 0 Å². The number of amides is 1. The highest BCUT2D eigenvalue weighted by molar-refractivity contribution is 5.74. The van der Waals surface area contributed by atoms with Gasteiger partial charge in [-0.1, -0.05) is 12.1 Å². The number of hydrogen-bond acceptors (Lipinski definition) is 3. The molecule has 2 aliphatic heterocycles. The van der Waals surface area contributed by atoms with Gasteiger partial charge in [0.05, 0.1) is 12.6 Å². The van der Waals surface area contributed by atoms with Gasteiger partial charge in [0.25, 0.3) is 0 Å². The highest BCUT2D eigenvalue weighted by Gasteiger charge is 2.40. The molecule has 4 heteroatoms. The second-order valence-corrected chi connectivity index (χ2v) is 5.04. The first kappa shape index (κ1) is 12.2. The van der Waals surface area contributed by atoms with E-state index in [1.165, 1.54) is 11.1 Å². The van der Waals surface area contributed by atoms with Gasteiger partial charge in [-0.2, -0.15) is 0 Å². The summed E-state index contributed by atoms with van der Waals surface area (Å²) in [5.74, 6) is 0. The minimum Gasteiger partial charge on any atom is -0.450 e. The van der Waals surface area contributed by atoms with Gasteiger partial charge in [-0.15, -0.1) is 0 Å². The van der Waals surface area contributed by atoms with Gasteiger partial charge in [0, 0.05) is 18.4 Å². The van der Waals surface area contributed by atoms with E-state index in [4.69, 9.17) is 4.74 Å². The standard InChI is InChI=1S/C15H18N2O2/c1-2-19-15(18)17-13-5-6-14(17)9-12(8-13)11-4-3-7-16-10-11/h3-4,7-8,10,13-14H,2,5-6,9H2,1H3/t13-,14+/m1/s1. The second-order valence-electron chi connectivity index (χ2n) is 5.04. The van der Waals surface area contributed by atoms with Crippen molar-refractivity contribution >= 4 is 11.7 Å². The molecule has 0 radical (unpaired) electrons. The maximum Gasteiger partial charge on any atom is 0.410 e. The zero-order valence-electron chi connectivity index (χ0n) is 11.1. The topological polar surface area (TPSA) is 42.4 Å². The van der Waals surface area contributed by atoms with Crippen LogP contribution in [0.25, 0.3) is 5.57 Å². The fourth-order valence-corrected chi connectivity index (χ4v) is 3.08. The van der Waals surface area contributed by atoms with E-state index in [0.29, 0.717) is 6.61 Å². The molecule has 1 aromatic heterocycles. The van der Waals surface area contributed by atoms with Gasteiger partial charge in [-0.25, -0.2) is 4.79 Å². The van der Waals surface area contributed by atoms with Gasteiger partial charge in [0.2, 0.25) is 0 Å². The smallest absolute Gasteiger partial charge is 0.410 e. The molecule has 2 bridgehead atoms. The maximum atomic E-state index is 12.0. The number of ether oxygens (including phenoxy) is 1. The molecule has 1 amide bonds. The van der Waals surface area contributed by atoms with Crippen molar-refractivity contribution in [2.24, 2.45) is 0 Å². The predicted octanol–water partition coefficient (Wildman–Crippen LogP) is 2.86. The van der Waals surface area contributed by atoms with E-state index in [1.54, 1.807) is 6.20 Å². The first-order chi connectivity index (χ1) is 9.29. The molecule has 19 heavy (non-hydrogen) atoms. The number of pyridine rings is 1. The highest BCUT2D eigenvalue weighted by Crippen LogP contribution is 2.38. The summed E-state index contributed by atoms with van der Waals surface area (Å²) in [4.78, 5) is 18.0.